The summed E-state index contributed by atoms with van der Waals surface area (Å²) in [5, 5.41) is 20.7. The molecule has 34 heavy (non-hydrogen) atoms. The predicted molar refractivity (Wildman–Crippen MR) is 121 cm³/mol. The lowest BCUT2D eigenvalue weighted by molar-refractivity contribution is -0.110. The first-order chi connectivity index (χ1) is 15.9. The van der Waals surface area contributed by atoms with Gasteiger partial charge in [-0.15, -0.1) is 16.4 Å². The lowest BCUT2D eigenvalue weighted by Crippen LogP contribution is -2.18. The number of nitriles is 1. The Hall–Kier alpha value is -3.20. The molecule has 12 heteroatoms. The van der Waals surface area contributed by atoms with Crippen LogP contribution < -0.4 is 10.6 Å². The molecule has 0 spiro atoms. The molecule has 0 saturated heterocycles. The second kappa shape index (κ2) is 11.8. The predicted octanol–water partition coefficient (Wildman–Crippen LogP) is 6.72. The number of aromatic nitrogens is 2. The molecule has 1 aliphatic carbocycles. The van der Waals surface area contributed by atoms with Crippen molar-refractivity contribution in [2.24, 2.45) is 0 Å². The van der Waals surface area contributed by atoms with Crippen molar-refractivity contribution in [3.05, 3.63) is 46.3 Å². The molecule has 1 amide bonds. The molecule has 3 aromatic heterocycles. The van der Waals surface area contributed by atoms with Gasteiger partial charge >= 0.3 is 6.18 Å². The average molecular weight is 502 g/mol. The molecule has 2 N–H and O–H groups in total. The smallest absolute Gasteiger partial charge is 0.372 e. The summed E-state index contributed by atoms with van der Waals surface area (Å²) in [6, 6.07) is 11.0. The maximum absolute atomic E-state index is 12.4. The highest BCUT2D eigenvalue weighted by Crippen LogP contribution is 2.32. The van der Waals surface area contributed by atoms with Crippen molar-refractivity contribution in [1.82, 2.24) is 9.61 Å². The Labute approximate surface area is 197 Å². The number of anilines is 2. The lowest BCUT2D eigenvalue weighted by atomic mass is 9.97. The van der Waals surface area contributed by atoms with Crippen LogP contribution in [0.2, 0.25) is 0 Å². The Balaban J connectivity index is 0.000000258. The number of nitrogens with one attached hydrogen (secondary N) is 2. The SMILES string of the molecule is CC(F)(F)F.CNc1ccc2ccc(C(=O)Nc3ccsc3C#N)n2n1.FC1(F)CCCCC1. The van der Waals surface area contributed by atoms with Gasteiger partial charge in [0, 0.05) is 26.8 Å². The van der Waals surface area contributed by atoms with E-state index in [1.165, 1.54) is 11.3 Å². The number of amides is 1. The Kier molecular flexibility index (Phi) is 9.37. The Bertz CT molecular complexity index is 1120. The third-order valence-corrected chi connectivity index (χ3v) is 5.41. The summed E-state index contributed by atoms with van der Waals surface area (Å²) in [7, 11) is 1.77. The minimum Gasteiger partial charge on any atom is -0.372 e. The number of carbonyl (C=O) groups is 1. The molecule has 0 aromatic carbocycles. The number of hydrogen-bond acceptors (Lipinski definition) is 5. The molecule has 0 unspecified atom stereocenters. The zero-order valence-corrected chi connectivity index (χ0v) is 19.4. The number of nitrogens with zero attached hydrogens (tertiary/aromatic N) is 3. The van der Waals surface area contributed by atoms with Gasteiger partial charge in [-0.1, -0.05) is 6.42 Å². The van der Waals surface area contributed by atoms with Gasteiger partial charge in [0.15, 0.2) is 0 Å². The molecule has 1 saturated carbocycles. The van der Waals surface area contributed by atoms with Crippen LogP contribution in [-0.2, 0) is 0 Å². The highest BCUT2D eigenvalue weighted by Gasteiger charge is 2.30. The van der Waals surface area contributed by atoms with E-state index in [9.17, 15) is 26.7 Å². The van der Waals surface area contributed by atoms with E-state index in [0.29, 0.717) is 34.9 Å². The zero-order valence-electron chi connectivity index (χ0n) is 18.5. The van der Waals surface area contributed by atoms with Crippen molar-refractivity contribution >= 4 is 34.3 Å². The van der Waals surface area contributed by atoms with E-state index in [4.69, 9.17) is 5.26 Å². The van der Waals surface area contributed by atoms with Crippen LogP contribution in [0.4, 0.5) is 33.5 Å². The molecule has 0 atom stereocenters. The van der Waals surface area contributed by atoms with Crippen molar-refractivity contribution in [2.45, 2.75) is 51.1 Å². The average Bonchev–Trinajstić information content (AvgIpc) is 3.38. The van der Waals surface area contributed by atoms with Crippen molar-refractivity contribution in [3.8, 4) is 6.07 Å². The number of hydrogen-bond donors (Lipinski definition) is 2. The molecule has 0 aliphatic heterocycles. The summed E-state index contributed by atoms with van der Waals surface area (Å²) >= 11 is 1.29. The molecule has 1 fully saturated rings. The van der Waals surface area contributed by atoms with Gasteiger partial charge in [-0.2, -0.15) is 18.4 Å². The molecular weight excluding hydrogens is 477 g/mol. The molecular formula is C22H24F5N5OS. The van der Waals surface area contributed by atoms with E-state index in [-0.39, 0.29) is 25.7 Å². The monoisotopic (exact) mass is 501 g/mol. The van der Waals surface area contributed by atoms with E-state index in [1.807, 2.05) is 18.2 Å². The third kappa shape index (κ3) is 8.62. The quantitative estimate of drug-likeness (QED) is 0.391. The number of carbonyl (C=O) groups excluding carboxylic acids is 1. The second-order valence-electron chi connectivity index (χ2n) is 7.45. The Morgan fingerprint density at radius 3 is 2.29 bits per heavy atom. The van der Waals surface area contributed by atoms with Gasteiger partial charge in [0.2, 0.25) is 5.92 Å². The maximum atomic E-state index is 12.4. The van der Waals surface area contributed by atoms with E-state index in [1.54, 1.807) is 29.1 Å². The van der Waals surface area contributed by atoms with Gasteiger partial charge in [0.05, 0.1) is 11.2 Å². The Morgan fingerprint density at radius 1 is 1.15 bits per heavy atom. The first kappa shape index (κ1) is 27.0. The first-order valence-corrected chi connectivity index (χ1v) is 11.2. The second-order valence-corrected chi connectivity index (χ2v) is 8.37. The van der Waals surface area contributed by atoms with Crippen LogP contribution in [0.3, 0.4) is 0 Å². The van der Waals surface area contributed by atoms with Gasteiger partial charge in [0.1, 0.15) is 22.5 Å². The van der Waals surface area contributed by atoms with E-state index >= 15 is 0 Å². The summed E-state index contributed by atoms with van der Waals surface area (Å²) in [5.74, 6) is -1.95. The summed E-state index contributed by atoms with van der Waals surface area (Å²) in [6.07, 6.45) is -1.34. The Morgan fingerprint density at radius 2 is 1.76 bits per heavy atom. The van der Waals surface area contributed by atoms with Crippen molar-refractivity contribution < 1.29 is 26.7 Å². The van der Waals surface area contributed by atoms with Crippen LogP contribution in [0.25, 0.3) is 5.52 Å². The normalized spacial score (nSPS) is 14.6. The van der Waals surface area contributed by atoms with Gasteiger partial charge < -0.3 is 10.6 Å². The van der Waals surface area contributed by atoms with Gasteiger partial charge in [0.25, 0.3) is 5.91 Å². The van der Waals surface area contributed by atoms with Crippen LogP contribution in [-0.4, -0.2) is 34.7 Å². The molecule has 3 heterocycles. The minimum atomic E-state index is -4.00. The van der Waals surface area contributed by atoms with Gasteiger partial charge in [-0.05, 0) is 48.6 Å². The first-order valence-electron chi connectivity index (χ1n) is 10.3. The molecule has 0 radical (unpaired) electrons. The molecule has 184 valence electrons. The fourth-order valence-electron chi connectivity index (χ4n) is 3.04. The number of thiophene rings is 1. The number of alkyl halides is 5. The van der Waals surface area contributed by atoms with E-state index < -0.39 is 12.1 Å². The van der Waals surface area contributed by atoms with Crippen LogP contribution in [0.1, 0.15) is 54.4 Å². The van der Waals surface area contributed by atoms with Crippen molar-refractivity contribution in [1.29, 1.82) is 5.26 Å². The van der Waals surface area contributed by atoms with Crippen molar-refractivity contribution in [2.75, 3.05) is 17.7 Å². The standard InChI is InChI=1S/C14H11N5OS.C6H10F2.C2H3F3/c1-16-13-5-3-9-2-4-11(19(9)18-13)14(20)17-10-6-7-21-12(10)8-15;7-6(8)4-2-1-3-5-6;1-2(3,4)5/h2-7H,1H3,(H,16,18)(H,17,20);1-5H2;1H3. The summed E-state index contributed by atoms with van der Waals surface area (Å²) in [5.41, 5.74) is 1.76. The summed E-state index contributed by atoms with van der Waals surface area (Å²) < 4.78 is 57.0. The molecule has 1 aliphatic rings. The van der Waals surface area contributed by atoms with Gasteiger partial charge in [-0.25, -0.2) is 13.3 Å². The van der Waals surface area contributed by atoms with Crippen LogP contribution in [0, 0.1) is 11.3 Å². The maximum Gasteiger partial charge on any atom is 0.386 e. The van der Waals surface area contributed by atoms with Crippen LogP contribution in [0.15, 0.2) is 35.7 Å². The number of rotatable bonds is 3. The summed E-state index contributed by atoms with van der Waals surface area (Å²) in [6.45, 7) is 0.188. The fourth-order valence-corrected chi connectivity index (χ4v) is 3.68. The van der Waals surface area contributed by atoms with Crippen molar-refractivity contribution in [3.63, 3.8) is 0 Å². The number of fused-ring (bicyclic) bond motifs is 1. The highest BCUT2D eigenvalue weighted by molar-refractivity contribution is 7.11. The summed E-state index contributed by atoms with van der Waals surface area (Å²) in [4.78, 5) is 12.8. The van der Waals surface area contributed by atoms with Crippen LogP contribution in [0.5, 0.6) is 0 Å². The zero-order chi connectivity index (χ0) is 25.4. The largest absolute Gasteiger partial charge is 0.386 e. The van der Waals surface area contributed by atoms with E-state index in [2.05, 4.69) is 21.8 Å². The lowest BCUT2D eigenvalue weighted by Gasteiger charge is -2.20. The highest BCUT2D eigenvalue weighted by atomic mass is 32.1. The number of halogens is 5. The molecule has 0 bridgehead atoms. The minimum absolute atomic E-state index is 0.118. The molecule has 6 nitrogen and oxygen atoms in total. The molecule has 3 aromatic rings. The molecule has 4 rings (SSSR count). The van der Waals surface area contributed by atoms with E-state index in [0.717, 1.165) is 11.9 Å². The van der Waals surface area contributed by atoms with Gasteiger partial charge in [-0.3, -0.25) is 4.79 Å². The van der Waals surface area contributed by atoms with Crippen LogP contribution >= 0.6 is 11.3 Å². The third-order valence-electron chi connectivity index (χ3n) is 4.59. The topological polar surface area (TPSA) is 82.2 Å². The fraction of sp³-hybridized carbons (Fsp3) is 0.409.